The second-order valence-corrected chi connectivity index (χ2v) is 2.83. The highest BCUT2D eigenvalue weighted by Gasteiger charge is 1.95. The van der Waals surface area contributed by atoms with Gasteiger partial charge in [-0.25, -0.2) is 4.79 Å². The maximum atomic E-state index is 10.9. The van der Waals surface area contributed by atoms with Crippen LogP contribution in [-0.2, 0) is 14.3 Å². The number of hydrogen-bond donors (Lipinski definition) is 0. The number of esters is 1. The Bertz CT molecular complexity index is 194. The van der Waals surface area contributed by atoms with E-state index in [1.165, 1.54) is 19.1 Å². The highest BCUT2D eigenvalue weighted by molar-refractivity contribution is 5.84. The highest BCUT2D eigenvalue weighted by Crippen LogP contribution is 1.91. The predicted molar refractivity (Wildman–Crippen MR) is 50.3 cm³/mol. The first-order valence-electron chi connectivity index (χ1n) is 4.49. The van der Waals surface area contributed by atoms with Crippen LogP contribution in [-0.4, -0.2) is 18.4 Å². The Labute approximate surface area is 78.8 Å². The molecule has 0 aliphatic carbocycles. The Kier molecular flexibility index (Phi) is 6.88. The molecule has 0 radical (unpaired) electrons. The monoisotopic (exact) mass is 184 g/mol. The van der Waals surface area contributed by atoms with Crippen molar-refractivity contribution >= 4 is 11.8 Å². The van der Waals surface area contributed by atoms with Gasteiger partial charge in [0, 0.05) is 12.5 Å². The van der Waals surface area contributed by atoms with Gasteiger partial charge in [-0.3, -0.25) is 4.79 Å². The van der Waals surface area contributed by atoms with E-state index in [-0.39, 0.29) is 11.8 Å². The third-order valence-corrected chi connectivity index (χ3v) is 1.40. The maximum Gasteiger partial charge on any atom is 0.330 e. The Balaban J connectivity index is 3.49. The number of carbonyl (C=O) groups excluding carboxylic acids is 2. The third kappa shape index (κ3) is 8.79. The number of unbranched alkanes of at least 4 members (excludes halogenated alkanes) is 1. The fraction of sp³-hybridized carbons (Fsp3) is 0.600. The zero-order valence-electron chi connectivity index (χ0n) is 8.21. The largest absolute Gasteiger partial charge is 0.463 e. The van der Waals surface area contributed by atoms with Crippen molar-refractivity contribution in [2.75, 3.05) is 6.61 Å². The van der Waals surface area contributed by atoms with E-state index in [0.717, 1.165) is 12.8 Å². The van der Waals surface area contributed by atoms with Gasteiger partial charge in [0.05, 0.1) is 6.61 Å². The molecule has 0 bridgehead atoms. The normalized spacial score (nSPS) is 10.3. The van der Waals surface area contributed by atoms with Crippen molar-refractivity contribution in [3.63, 3.8) is 0 Å². The molecular formula is C10H16O3. The molecule has 0 aromatic heterocycles. The lowest BCUT2D eigenvalue weighted by atomic mass is 10.3. The van der Waals surface area contributed by atoms with Crippen molar-refractivity contribution in [2.24, 2.45) is 0 Å². The van der Waals surface area contributed by atoms with Gasteiger partial charge in [0.2, 0.25) is 0 Å². The molecule has 0 aliphatic rings. The zero-order valence-corrected chi connectivity index (χ0v) is 8.21. The summed E-state index contributed by atoms with van der Waals surface area (Å²) >= 11 is 0. The summed E-state index contributed by atoms with van der Waals surface area (Å²) in [7, 11) is 0. The van der Waals surface area contributed by atoms with Crippen LogP contribution in [0.15, 0.2) is 12.2 Å². The van der Waals surface area contributed by atoms with Crippen LogP contribution < -0.4 is 0 Å². The lowest BCUT2D eigenvalue weighted by Gasteiger charge is -1.98. The van der Waals surface area contributed by atoms with Gasteiger partial charge >= 0.3 is 5.97 Å². The molecule has 0 atom stereocenters. The van der Waals surface area contributed by atoms with Crippen LogP contribution >= 0.6 is 0 Å². The van der Waals surface area contributed by atoms with Gasteiger partial charge in [-0.15, -0.1) is 0 Å². The van der Waals surface area contributed by atoms with Crippen molar-refractivity contribution in [1.29, 1.82) is 0 Å². The Hall–Kier alpha value is -1.12. The average molecular weight is 184 g/mol. The average Bonchev–Trinajstić information content (AvgIpc) is 2.04. The van der Waals surface area contributed by atoms with Crippen molar-refractivity contribution in [3.05, 3.63) is 12.2 Å². The van der Waals surface area contributed by atoms with Crippen LogP contribution in [0, 0.1) is 0 Å². The standard InChI is InChI=1S/C10H16O3/c1-3-4-8-13-10(12)7-5-6-9(2)11/h5,7H,3-4,6,8H2,1-2H3/b7-5+. The Morgan fingerprint density at radius 3 is 2.62 bits per heavy atom. The third-order valence-electron chi connectivity index (χ3n) is 1.40. The maximum absolute atomic E-state index is 10.9. The second kappa shape index (κ2) is 7.53. The molecule has 0 aromatic rings. The van der Waals surface area contributed by atoms with Gasteiger partial charge in [-0.2, -0.15) is 0 Å². The predicted octanol–water partition coefficient (Wildman–Crippen LogP) is 1.86. The molecule has 0 fully saturated rings. The molecule has 0 aliphatic heterocycles. The summed E-state index contributed by atoms with van der Waals surface area (Å²) in [5.74, 6) is -0.327. The first-order chi connectivity index (χ1) is 6.16. The first-order valence-corrected chi connectivity index (χ1v) is 4.49. The summed E-state index contributed by atoms with van der Waals surface area (Å²) in [5.41, 5.74) is 0. The second-order valence-electron chi connectivity index (χ2n) is 2.83. The highest BCUT2D eigenvalue weighted by atomic mass is 16.5. The van der Waals surface area contributed by atoms with Crippen molar-refractivity contribution < 1.29 is 14.3 Å². The summed E-state index contributed by atoms with van der Waals surface area (Å²) < 4.78 is 4.83. The van der Waals surface area contributed by atoms with Crippen molar-refractivity contribution in [2.45, 2.75) is 33.1 Å². The Morgan fingerprint density at radius 2 is 2.08 bits per heavy atom. The fourth-order valence-corrected chi connectivity index (χ4v) is 0.686. The van der Waals surface area contributed by atoms with Crippen LogP contribution in [0.4, 0.5) is 0 Å². The molecule has 0 amide bonds. The number of rotatable bonds is 6. The molecule has 3 nitrogen and oxygen atoms in total. The van der Waals surface area contributed by atoms with Gasteiger partial charge in [0.25, 0.3) is 0 Å². The smallest absolute Gasteiger partial charge is 0.330 e. The molecule has 74 valence electrons. The van der Waals surface area contributed by atoms with Gasteiger partial charge in [-0.05, 0) is 13.3 Å². The summed E-state index contributed by atoms with van der Waals surface area (Å²) in [5, 5.41) is 0. The molecule has 0 unspecified atom stereocenters. The zero-order chi connectivity index (χ0) is 10.1. The van der Waals surface area contributed by atoms with Crippen molar-refractivity contribution in [1.82, 2.24) is 0 Å². The molecule has 3 heteroatoms. The molecule has 0 aromatic carbocycles. The van der Waals surface area contributed by atoms with Gasteiger partial charge in [0.15, 0.2) is 0 Å². The van der Waals surface area contributed by atoms with Crippen LogP contribution in [0.5, 0.6) is 0 Å². The van der Waals surface area contributed by atoms with E-state index in [1.54, 1.807) is 0 Å². The minimum atomic E-state index is -0.366. The minimum Gasteiger partial charge on any atom is -0.463 e. The van der Waals surface area contributed by atoms with E-state index >= 15 is 0 Å². The van der Waals surface area contributed by atoms with Gasteiger partial charge in [-0.1, -0.05) is 19.4 Å². The number of allylic oxidation sites excluding steroid dienone is 1. The van der Waals surface area contributed by atoms with E-state index < -0.39 is 0 Å². The van der Waals surface area contributed by atoms with E-state index in [0.29, 0.717) is 13.0 Å². The molecular weight excluding hydrogens is 168 g/mol. The van der Waals surface area contributed by atoms with Crippen molar-refractivity contribution in [3.8, 4) is 0 Å². The van der Waals surface area contributed by atoms with Crippen LogP contribution in [0.2, 0.25) is 0 Å². The number of ketones is 1. The molecule has 0 N–H and O–H groups in total. The topological polar surface area (TPSA) is 43.4 Å². The SMILES string of the molecule is CCCCOC(=O)/C=C/CC(C)=O. The Morgan fingerprint density at radius 1 is 1.38 bits per heavy atom. The fourth-order valence-electron chi connectivity index (χ4n) is 0.686. The van der Waals surface area contributed by atoms with Crippen LogP contribution in [0.3, 0.4) is 0 Å². The van der Waals surface area contributed by atoms with E-state index in [1.807, 2.05) is 6.92 Å². The lowest BCUT2D eigenvalue weighted by molar-refractivity contribution is -0.137. The van der Waals surface area contributed by atoms with Gasteiger partial charge < -0.3 is 4.74 Å². The van der Waals surface area contributed by atoms with Crippen LogP contribution in [0.1, 0.15) is 33.1 Å². The summed E-state index contributed by atoms with van der Waals surface area (Å²) in [6.45, 7) is 3.96. The first kappa shape index (κ1) is 11.9. The van der Waals surface area contributed by atoms with Gasteiger partial charge in [0.1, 0.15) is 5.78 Å². The number of carbonyl (C=O) groups is 2. The minimum absolute atomic E-state index is 0.0395. The summed E-state index contributed by atoms with van der Waals surface area (Å²) in [6.07, 6.45) is 5.01. The molecule has 0 heterocycles. The lowest BCUT2D eigenvalue weighted by Crippen LogP contribution is -2.02. The summed E-state index contributed by atoms with van der Waals surface area (Å²) in [4.78, 5) is 21.4. The molecule has 0 spiro atoms. The quantitative estimate of drug-likeness (QED) is 0.359. The molecule has 0 saturated heterocycles. The van der Waals surface area contributed by atoms with E-state index in [2.05, 4.69) is 0 Å². The number of Topliss-reactive ketones (excluding diaryl/α,β-unsaturated/α-hetero) is 1. The summed E-state index contributed by atoms with van der Waals surface area (Å²) in [6, 6.07) is 0. The number of ether oxygens (including phenoxy) is 1. The molecule has 0 saturated carbocycles. The molecule has 0 rings (SSSR count). The van der Waals surface area contributed by atoms with Crippen LogP contribution in [0.25, 0.3) is 0 Å². The van der Waals surface area contributed by atoms with E-state index in [4.69, 9.17) is 4.74 Å². The number of hydrogen-bond acceptors (Lipinski definition) is 3. The van der Waals surface area contributed by atoms with E-state index in [9.17, 15) is 9.59 Å². The molecule has 13 heavy (non-hydrogen) atoms.